The van der Waals surface area contributed by atoms with E-state index >= 15 is 0 Å². The van der Waals surface area contributed by atoms with Crippen molar-refractivity contribution >= 4 is 11.7 Å². The van der Waals surface area contributed by atoms with E-state index in [0.717, 1.165) is 5.69 Å². The average Bonchev–Trinajstić information content (AvgIpc) is 2.17. The molecule has 1 N–H and O–H groups in total. The Morgan fingerprint density at radius 2 is 2.00 bits per heavy atom. The number of anilines is 1. The van der Waals surface area contributed by atoms with Gasteiger partial charge in [0.05, 0.1) is 0 Å². The molecular formula is C13H18NO3. The van der Waals surface area contributed by atoms with Crippen molar-refractivity contribution in [3.8, 4) is 5.75 Å². The Bertz CT molecular complexity index is 408. The number of carbonyl (C=O) groups is 1. The highest BCUT2D eigenvalue weighted by Crippen LogP contribution is 2.20. The van der Waals surface area contributed by atoms with Crippen molar-refractivity contribution < 1.29 is 14.6 Å². The highest BCUT2D eigenvalue weighted by atomic mass is 16.6. The molecule has 0 bridgehead atoms. The van der Waals surface area contributed by atoms with Crippen LogP contribution in [-0.2, 0) is 14.6 Å². The first-order valence-electron chi connectivity index (χ1n) is 5.51. The maximum absolute atomic E-state index is 11.4. The third-order valence-corrected chi connectivity index (χ3v) is 2.03. The zero-order valence-corrected chi connectivity index (χ0v) is 10.7. The zero-order valence-electron chi connectivity index (χ0n) is 10.7. The molecule has 0 aliphatic heterocycles. The number of hydrogen-bond acceptors (Lipinski definition) is 3. The third kappa shape index (κ3) is 4.76. The standard InChI is InChI=1S/C13H18NO3/c1-9-7-10(5-6-11(9)15)14-8-12(16)17-13(2,3)4/h5-7,14H,8H2,1-4H3. The fraction of sp³-hybridized carbons (Fsp3) is 0.462. The van der Waals surface area contributed by atoms with E-state index in [1.165, 1.54) is 6.07 Å². The molecule has 0 unspecified atom stereocenters. The van der Waals surface area contributed by atoms with Crippen molar-refractivity contribution in [2.45, 2.75) is 33.3 Å². The Morgan fingerprint density at radius 3 is 2.53 bits per heavy atom. The summed E-state index contributed by atoms with van der Waals surface area (Å²) in [6, 6.07) is 4.85. The summed E-state index contributed by atoms with van der Waals surface area (Å²) < 4.78 is 5.15. The summed E-state index contributed by atoms with van der Waals surface area (Å²) >= 11 is 0. The lowest BCUT2D eigenvalue weighted by Gasteiger charge is -2.19. The Labute approximate surface area is 102 Å². The number of aryl methyl sites for hydroxylation is 1. The van der Waals surface area contributed by atoms with E-state index in [9.17, 15) is 9.90 Å². The number of carbonyl (C=O) groups excluding carboxylic acids is 1. The Morgan fingerprint density at radius 1 is 1.35 bits per heavy atom. The van der Waals surface area contributed by atoms with Gasteiger partial charge in [-0.2, -0.15) is 0 Å². The number of nitrogens with one attached hydrogen (secondary N) is 1. The van der Waals surface area contributed by atoms with Crippen LogP contribution in [0.2, 0.25) is 0 Å². The van der Waals surface area contributed by atoms with Crippen LogP contribution in [-0.4, -0.2) is 18.1 Å². The second kappa shape index (κ2) is 5.08. The van der Waals surface area contributed by atoms with Gasteiger partial charge in [0, 0.05) is 5.69 Å². The summed E-state index contributed by atoms with van der Waals surface area (Å²) in [5.41, 5.74) is 0.917. The van der Waals surface area contributed by atoms with Crippen molar-refractivity contribution in [1.82, 2.24) is 0 Å². The van der Waals surface area contributed by atoms with Crippen molar-refractivity contribution in [2.24, 2.45) is 0 Å². The van der Waals surface area contributed by atoms with Crippen LogP contribution in [0.5, 0.6) is 5.75 Å². The molecule has 0 fully saturated rings. The monoisotopic (exact) mass is 236 g/mol. The molecule has 0 aromatic heterocycles. The van der Waals surface area contributed by atoms with Gasteiger partial charge in [0.1, 0.15) is 12.1 Å². The molecule has 0 saturated carbocycles. The average molecular weight is 236 g/mol. The number of benzene rings is 1. The molecule has 4 nitrogen and oxygen atoms in total. The van der Waals surface area contributed by atoms with Gasteiger partial charge in [-0.1, -0.05) is 0 Å². The Balaban J connectivity index is 2.50. The van der Waals surface area contributed by atoms with Crippen LogP contribution in [0.1, 0.15) is 26.3 Å². The normalized spacial score (nSPS) is 11.1. The van der Waals surface area contributed by atoms with Crippen LogP contribution in [0.25, 0.3) is 0 Å². The molecule has 4 heteroatoms. The molecule has 0 saturated heterocycles. The molecule has 1 aromatic carbocycles. The highest BCUT2D eigenvalue weighted by molar-refractivity contribution is 5.75. The van der Waals surface area contributed by atoms with Crippen LogP contribution < -0.4 is 5.32 Å². The summed E-state index contributed by atoms with van der Waals surface area (Å²) in [6.07, 6.45) is 0. The van der Waals surface area contributed by atoms with E-state index in [-0.39, 0.29) is 18.3 Å². The van der Waals surface area contributed by atoms with E-state index < -0.39 is 5.60 Å². The lowest BCUT2D eigenvalue weighted by Crippen LogP contribution is -2.28. The van der Waals surface area contributed by atoms with Crippen LogP contribution >= 0.6 is 0 Å². The summed E-state index contributed by atoms with van der Waals surface area (Å²) in [5, 5.41) is 14.1. The van der Waals surface area contributed by atoms with Crippen LogP contribution in [0.3, 0.4) is 0 Å². The lowest BCUT2D eigenvalue weighted by molar-refractivity contribution is -0.152. The van der Waals surface area contributed by atoms with Gasteiger partial charge in [-0.25, -0.2) is 0 Å². The van der Waals surface area contributed by atoms with Gasteiger partial charge in [0.25, 0.3) is 0 Å². The minimum absolute atomic E-state index is 0.00665. The summed E-state index contributed by atoms with van der Waals surface area (Å²) in [5.74, 6) is -0.325. The minimum atomic E-state index is -0.479. The second-order valence-electron chi connectivity index (χ2n) is 4.92. The first kappa shape index (κ1) is 13.4. The third-order valence-electron chi connectivity index (χ3n) is 2.03. The van der Waals surface area contributed by atoms with E-state index in [1.54, 1.807) is 19.1 Å². The highest BCUT2D eigenvalue weighted by Gasteiger charge is 2.15. The maximum atomic E-state index is 11.4. The van der Waals surface area contributed by atoms with E-state index in [1.807, 2.05) is 20.8 Å². The van der Waals surface area contributed by atoms with Crippen LogP contribution in [0, 0.1) is 6.92 Å². The molecule has 1 aromatic rings. The van der Waals surface area contributed by atoms with Crippen molar-refractivity contribution in [3.05, 3.63) is 23.8 Å². The smallest absolute Gasteiger partial charge is 0.325 e. The maximum Gasteiger partial charge on any atom is 0.325 e. The predicted molar refractivity (Wildman–Crippen MR) is 65.6 cm³/mol. The second-order valence-corrected chi connectivity index (χ2v) is 4.92. The van der Waals surface area contributed by atoms with Gasteiger partial charge >= 0.3 is 5.97 Å². The molecule has 0 aliphatic rings. The van der Waals surface area contributed by atoms with Gasteiger partial charge in [-0.05, 0) is 51.5 Å². The van der Waals surface area contributed by atoms with Gasteiger partial charge in [-0.15, -0.1) is 0 Å². The molecule has 17 heavy (non-hydrogen) atoms. The van der Waals surface area contributed by atoms with Gasteiger partial charge < -0.3 is 10.1 Å². The zero-order chi connectivity index (χ0) is 13.1. The van der Waals surface area contributed by atoms with Gasteiger partial charge in [0.2, 0.25) is 0 Å². The number of hydrogen-bond donors (Lipinski definition) is 1. The molecule has 0 aliphatic carbocycles. The van der Waals surface area contributed by atoms with Crippen molar-refractivity contribution in [1.29, 1.82) is 0 Å². The topological polar surface area (TPSA) is 58.2 Å². The Hall–Kier alpha value is -1.71. The molecule has 0 heterocycles. The van der Waals surface area contributed by atoms with E-state index in [0.29, 0.717) is 5.56 Å². The summed E-state index contributed by atoms with van der Waals surface area (Å²) in [6.45, 7) is 7.29. The Kier molecular flexibility index (Phi) is 3.99. The molecule has 0 spiro atoms. The molecular weight excluding hydrogens is 218 g/mol. The number of rotatable bonds is 3. The largest absolute Gasteiger partial charge is 0.459 e. The van der Waals surface area contributed by atoms with Gasteiger partial charge in [0.15, 0.2) is 5.75 Å². The van der Waals surface area contributed by atoms with E-state index in [4.69, 9.17) is 4.74 Å². The quantitative estimate of drug-likeness (QED) is 0.821. The lowest BCUT2D eigenvalue weighted by atomic mass is 10.2. The predicted octanol–water partition coefficient (Wildman–Crippen LogP) is 2.89. The molecule has 0 atom stereocenters. The molecule has 1 rings (SSSR count). The summed E-state index contributed by atoms with van der Waals surface area (Å²) in [7, 11) is 0. The van der Waals surface area contributed by atoms with E-state index in [2.05, 4.69) is 5.32 Å². The molecule has 1 radical (unpaired) electrons. The number of esters is 1. The van der Waals surface area contributed by atoms with Crippen LogP contribution in [0.4, 0.5) is 5.69 Å². The van der Waals surface area contributed by atoms with Crippen LogP contribution in [0.15, 0.2) is 18.2 Å². The molecule has 93 valence electrons. The summed E-state index contributed by atoms with van der Waals surface area (Å²) in [4.78, 5) is 11.4. The van der Waals surface area contributed by atoms with Crippen molar-refractivity contribution in [3.63, 3.8) is 0 Å². The SMILES string of the molecule is Cc1cc(NCC(=O)OC(C)(C)C)ccc1[O]. The van der Waals surface area contributed by atoms with Gasteiger partial charge in [-0.3, -0.25) is 9.90 Å². The molecule has 0 amide bonds. The first-order chi connectivity index (χ1) is 7.78. The minimum Gasteiger partial charge on any atom is -0.459 e. The van der Waals surface area contributed by atoms with Crippen molar-refractivity contribution in [2.75, 3.05) is 11.9 Å². The first-order valence-corrected chi connectivity index (χ1v) is 5.51. The number of ether oxygens (including phenoxy) is 1. The fourth-order valence-corrected chi connectivity index (χ4v) is 1.31. The fourth-order valence-electron chi connectivity index (χ4n) is 1.31.